The molecule has 4 nitrogen and oxygen atoms in total. The molecule has 4 heteroatoms. The maximum absolute atomic E-state index is 12.2. The third-order valence-electron chi connectivity index (χ3n) is 4.66. The van der Waals surface area contributed by atoms with Gasteiger partial charge in [0.25, 0.3) is 0 Å². The van der Waals surface area contributed by atoms with Crippen molar-refractivity contribution in [2.45, 2.75) is 45.1 Å². The van der Waals surface area contributed by atoms with Gasteiger partial charge in [-0.2, -0.15) is 0 Å². The Morgan fingerprint density at radius 1 is 1.53 bits per heavy atom. The second-order valence-corrected chi connectivity index (χ2v) is 5.93. The van der Waals surface area contributed by atoms with Gasteiger partial charge < -0.3 is 15.7 Å². The highest BCUT2D eigenvalue weighted by atomic mass is 16.3. The first kappa shape index (κ1) is 12.8. The fraction of sp³-hybridized carbons (Fsp3) is 0.923. The normalized spacial score (nSPS) is 29.7. The topological polar surface area (TPSA) is 61.4 Å². The molecular weight excluding hydrogens is 216 g/mol. The molecule has 1 spiro atoms. The molecule has 1 saturated heterocycles. The molecule has 0 aromatic heterocycles. The Labute approximate surface area is 103 Å². The van der Waals surface area contributed by atoms with E-state index in [-0.39, 0.29) is 23.8 Å². The van der Waals surface area contributed by atoms with Crippen molar-refractivity contribution in [1.82, 2.24) is 10.6 Å². The molecule has 1 aliphatic heterocycles. The third kappa shape index (κ3) is 2.47. The van der Waals surface area contributed by atoms with Gasteiger partial charge in [-0.25, -0.2) is 0 Å². The number of piperidine rings is 1. The maximum Gasteiger partial charge on any atom is 0.224 e. The lowest BCUT2D eigenvalue weighted by molar-refractivity contribution is -0.125. The van der Waals surface area contributed by atoms with Gasteiger partial charge in [-0.05, 0) is 51.1 Å². The molecule has 1 aliphatic carbocycles. The first-order chi connectivity index (χ1) is 8.05. The highest BCUT2D eigenvalue weighted by molar-refractivity contribution is 5.83. The van der Waals surface area contributed by atoms with Crippen molar-refractivity contribution in [3.8, 4) is 0 Å². The van der Waals surface area contributed by atoms with Crippen LogP contribution in [0.25, 0.3) is 0 Å². The molecule has 1 heterocycles. The van der Waals surface area contributed by atoms with Gasteiger partial charge in [0.2, 0.25) is 5.91 Å². The van der Waals surface area contributed by atoms with Crippen LogP contribution < -0.4 is 10.6 Å². The fourth-order valence-electron chi connectivity index (χ4n) is 2.82. The molecule has 2 aliphatic rings. The van der Waals surface area contributed by atoms with Crippen LogP contribution >= 0.6 is 0 Å². The number of carbonyl (C=O) groups is 1. The molecule has 2 unspecified atom stereocenters. The molecule has 0 aromatic rings. The average molecular weight is 240 g/mol. The van der Waals surface area contributed by atoms with Crippen molar-refractivity contribution in [2.75, 3.05) is 19.7 Å². The Balaban J connectivity index is 1.90. The second-order valence-electron chi connectivity index (χ2n) is 5.93. The number of aliphatic hydroxyl groups is 1. The van der Waals surface area contributed by atoms with Crippen LogP contribution in [0, 0.1) is 11.3 Å². The van der Waals surface area contributed by atoms with E-state index < -0.39 is 5.54 Å². The molecular formula is C13H24N2O2. The van der Waals surface area contributed by atoms with Crippen LogP contribution in [-0.2, 0) is 4.79 Å². The summed E-state index contributed by atoms with van der Waals surface area (Å²) in [6, 6.07) is 0. The summed E-state index contributed by atoms with van der Waals surface area (Å²) >= 11 is 0. The Morgan fingerprint density at radius 3 is 2.71 bits per heavy atom. The zero-order valence-corrected chi connectivity index (χ0v) is 10.9. The van der Waals surface area contributed by atoms with Crippen LogP contribution in [0.15, 0.2) is 0 Å². The third-order valence-corrected chi connectivity index (χ3v) is 4.66. The Bertz CT molecular complexity index is 294. The summed E-state index contributed by atoms with van der Waals surface area (Å²) in [5.74, 6) is 0.326. The van der Waals surface area contributed by atoms with E-state index in [1.54, 1.807) is 0 Å². The maximum atomic E-state index is 12.2. The van der Waals surface area contributed by atoms with Crippen LogP contribution in [0.2, 0.25) is 0 Å². The van der Waals surface area contributed by atoms with Crippen molar-refractivity contribution in [1.29, 1.82) is 0 Å². The van der Waals surface area contributed by atoms with E-state index >= 15 is 0 Å². The highest BCUT2D eigenvalue weighted by Crippen LogP contribution is 2.58. The van der Waals surface area contributed by atoms with Crippen LogP contribution in [0.5, 0.6) is 0 Å². The molecule has 0 bridgehead atoms. The van der Waals surface area contributed by atoms with Crippen LogP contribution in [0.4, 0.5) is 0 Å². The number of hydrogen-bond acceptors (Lipinski definition) is 3. The van der Waals surface area contributed by atoms with Crippen molar-refractivity contribution < 1.29 is 9.90 Å². The lowest BCUT2D eigenvalue weighted by Crippen LogP contribution is -2.49. The number of aliphatic hydroxyl groups excluding tert-OH is 1. The minimum Gasteiger partial charge on any atom is -0.394 e. The molecule has 3 N–H and O–H groups in total. The summed E-state index contributed by atoms with van der Waals surface area (Å²) in [7, 11) is 0. The van der Waals surface area contributed by atoms with Crippen molar-refractivity contribution in [3.05, 3.63) is 0 Å². The molecule has 2 fully saturated rings. The van der Waals surface area contributed by atoms with Gasteiger partial charge in [0.1, 0.15) is 0 Å². The summed E-state index contributed by atoms with van der Waals surface area (Å²) in [6.45, 7) is 5.98. The number of hydrogen-bond donors (Lipinski definition) is 3. The lowest BCUT2D eigenvalue weighted by atomic mass is 9.91. The van der Waals surface area contributed by atoms with E-state index in [2.05, 4.69) is 10.6 Å². The van der Waals surface area contributed by atoms with E-state index in [4.69, 9.17) is 0 Å². The molecule has 2 rings (SSSR count). The molecule has 17 heavy (non-hydrogen) atoms. The van der Waals surface area contributed by atoms with E-state index in [0.717, 1.165) is 38.8 Å². The summed E-state index contributed by atoms with van der Waals surface area (Å²) in [5, 5.41) is 15.7. The number of carbonyl (C=O) groups excluding carboxylic acids is 1. The second kappa shape index (κ2) is 4.58. The number of amides is 1. The molecule has 0 aromatic carbocycles. The SMILES string of the molecule is CCC(C)(CO)NC(=O)C1CC12CCNCC2. The molecule has 0 radical (unpaired) electrons. The molecule has 1 saturated carbocycles. The average Bonchev–Trinajstić information content (AvgIpc) is 3.04. The lowest BCUT2D eigenvalue weighted by Gasteiger charge is -2.29. The van der Waals surface area contributed by atoms with Crippen molar-refractivity contribution in [3.63, 3.8) is 0 Å². The summed E-state index contributed by atoms with van der Waals surface area (Å²) < 4.78 is 0. The van der Waals surface area contributed by atoms with E-state index in [1.165, 1.54) is 0 Å². The largest absolute Gasteiger partial charge is 0.394 e. The molecule has 98 valence electrons. The van der Waals surface area contributed by atoms with Crippen LogP contribution in [0.1, 0.15) is 39.5 Å². The number of rotatable bonds is 4. The predicted molar refractivity (Wildman–Crippen MR) is 66.6 cm³/mol. The van der Waals surface area contributed by atoms with E-state index in [1.807, 2.05) is 13.8 Å². The Morgan fingerprint density at radius 2 is 2.18 bits per heavy atom. The fourth-order valence-corrected chi connectivity index (χ4v) is 2.82. The van der Waals surface area contributed by atoms with Crippen molar-refractivity contribution in [2.24, 2.45) is 11.3 Å². The van der Waals surface area contributed by atoms with Gasteiger partial charge in [-0.1, -0.05) is 6.92 Å². The summed E-state index contributed by atoms with van der Waals surface area (Å²) in [4.78, 5) is 12.2. The van der Waals surface area contributed by atoms with Gasteiger partial charge in [0, 0.05) is 5.92 Å². The number of nitrogens with one attached hydrogen (secondary N) is 2. The standard InChI is InChI=1S/C13H24N2O2/c1-3-12(2,9-16)15-11(17)10-8-13(10)4-6-14-7-5-13/h10,14,16H,3-9H2,1-2H3,(H,15,17). The van der Waals surface area contributed by atoms with E-state index in [9.17, 15) is 9.90 Å². The quantitative estimate of drug-likeness (QED) is 0.676. The summed E-state index contributed by atoms with van der Waals surface area (Å²) in [6.07, 6.45) is 4.03. The highest BCUT2D eigenvalue weighted by Gasteiger charge is 2.58. The first-order valence-corrected chi connectivity index (χ1v) is 6.69. The zero-order valence-electron chi connectivity index (χ0n) is 10.9. The van der Waals surface area contributed by atoms with Gasteiger partial charge in [-0.15, -0.1) is 0 Å². The Hall–Kier alpha value is -0.610. The molecule has 1 amide bonds. The Kier molecular flexibility index (Phi) is 3.46. The van der Waals surface area contributed by atoms with Gasteiger partial charge in [0.05, 0.1) is 12.1 Å². The van der Waals surface area contributed by atoms with Gasteiger partial charge >= 0.3 is 0 Å². The monoisotopic (exact) mass is 240 g/mol. The zero-order chi connectivity index (χ0) is 12.5. The predicted octanol–water partition coefficient (Wildman–Crippen LogP) is 0.653. The smallest absolute Gasteiger partial charge is 0.224 e. The van der Waals surface area contributed by atoms with Crippen molar-refractivity contribution >= 4 is 5.91 Å². The first-order valence-electron chi connectivity index (χ1n) is 6.69. The van der Waals surface area contributed by atoms with Crippen LogP contribution in [0.3, 0.4) is 0 Å². The summed E-state index contributed by atoms with van der Waals surface area (Å²) in [5.41, 5.74) is -0.173. The van der Waals surface area contributed by atoms with Gasteiger partial charge in [-0.3, -0.25) is 4.79 Å². The minimum atomic E-state index is -0.451. The van der Waals surface area contributed by atoms with E-state index in [0.29, 0.717) is 0 Å². The van der Waals surface area contributed by atoms with Crippen LogP contribution in [-0.4, -0.2) is 36.2 Å². The molecule has 2 atom stereocenters. The van der Waals surface area contributed by atoms with Gasteiger partial charge in [0.15, 0.2) is 0 Å². The minimum absolute atomic E-state index is 0.0104.